The van der Waals surface area contributed by atoms with E-state index in [0.29, 0.717) is 0 Å². The molecule has 0 aromatic heterocycles. The summed E-state index contributed by atoms with van der Waals surface area (Å²) in [5, 5.41) is 0. The van der Waals surface area contributed by atoms with Gasteiger partial charge in [-0.15, -0.1) is 0 Å². The fourth-order valence-corrected chi connectivity index (χ4v) is 2.09. The van der Waals surface area contributed by atoms with E-state index in [9.17, 15) is 0 Å². The molecule has 2 aromatic rings. The van der Waals surface area contributed by atoms with E-state index in [2.05, 4.69) is 73.4 Å². The van der Waals surface area contributed by atoms with Crippen LogP contribution in [0.4, 0.5) is 5.69 Å². The molecule has 0 heterocycles. The van der Waals surface area contributed by atoms with Crippen molar-refractivity contribution in [3.05, 3.63) is 65.7 Å². The lowest BCUT2D eigenvalue weighted by Gasteiger charge is -2.20. The highest BCUT2D eigenvalue weighted by molar-refractivity contribution is 5.70. The quantitative estimate of drug-likeness (QED) is 0.706. The molecule has 1 heteroatoms. The van der Waals surface area contributed by atoms with Gasteiger partial charge in [0, 0.05) is 18.8 Å². The van der Waals surface area contributed by atoms with E-state index < -0.39 is 0 Å². The standard InChI is InChI=1S/C18H20N/c1-3-19(4-2)18-14-12-17(13-15-18)11-10-16-8-6-5-7-9-16/h6-15H,3-4H2,1-2H3/b11-10+. The summed E-state index contributed by atoms with van der Waals surface area (Å²) in [5.74, 6) is 0. The van der Waals surface area contributed by atoms with E-state index in [4.69, 9.17) is 0 Å². The summed E-state index contributed by atoms with van der Waals surface area (Å²) >= 11 is 0. The topological polar surface area (TPSA) is 3.24 Å². The van der Waals surface area contributed by atoms with Gasteiger partial charge in [-0.1, -0.05) is 48.6 Å². The molecule has 19 heavy (non-hydrogen) atoms. The summed E-state index contributed by atoms with van der Waals surface area (Å²) in [7, 11) is 0. The maximum atomic E-state index is 3.02. The Bertz CT molecular complexity index is 507. The zero-order valence-corrected chi connectivity index (χ0v) is 11.6. The molecule has 0 N–H and O–H groups in total. The van der Waals surface area contributed by atoms with Crippen LogP contribution in [0.3, 0.4) is 0 Å². The van der Waals surface area contributed by atoms with Crippen LogP contribution in [0.15, 0.2) is 48.5 Å². The van der Waals surface area contributed by atoms with Crippen molar-refractivity contribution < 1.29 is 0 Å². The smallest absolute Gasteiger partial charge is 0.0366 e. The Morgan fingerprint density at radius 2 is 1.37 bits per heavy atom. The van der Waals surface area contributed by atoms with Crippen LogP contribution >= 0.6 is 0 Å². The normalized spacial score (nSPS) is 10.8. The van der Waals surface area contributed by atoms with Gasteiger partial charge in [0.1, 0.15) is 0 Å². The van der Waals surface area contributed by atoms with Crippen LogP contribution in [0.1, 0.15) is 25.0 Å². The zero-order chi connectivity index (χ0) is 13.5. The number of anilines is 1. The van der Waals surface area contributed by atoms with E-state index >= 15 is 0 Å². The second-order valence-electron chi connectivity index (χ2n) is 4.43. The molecule has 0 aliphatic carbocycles. The van der Waals surface area contributed by atoms with E-state index in [1.165, 1.54) is 16.8 Å². The van der Waals surface area contributed by atoms with Gasteiger partial charge < -0.3 is 4.90 Å². The minimum atomic E-state index is 1.05. The first-order chi connectivity index (χ1) is 9.33. The van der Waals surface area contributed by atoms with Crippen molar-refractivity contribution in [3.63, 3.8) is 0 Å². The van der Waals surface area contributed by atoms with Gasteiger partial charge >= 0.3 is 0 Å². The van der Waals surface area contributed by atoms with Crippen molar-refractivity contribution >= 4 is 17.8 Å². The van der Waals surface area contributed by atoms with Crippen LogP contribution in [0, 0.1) is 6.07 Å². The van der Waals surface area contributed by atoms with Gasteiger partial charge in [0.15, 0.2) is 0 Å². The van der Waals surface area contributed by atoms with Crippen molar-refractivity contribution in [2.24, 2.45) is 0 Å². The first-order valence-electron chi connectivity index (χ1n) is 6.82. The van der Waals surface area contributed by atoms with Gasteiger partial charge in [0.25, 0.3) is 0 Å². The summed E-state index contributed by atoms with van der Waals surface area (Å²) in [6.45, 7) is 6.46. The maximum Gasteiger partial charge on any atom is 0.0366 e. The van der Waals surface area contributed by atoms with Crippen molar-refractivity contribution in [1.29, 1.82) is 0 Å². The second kappa shape index (κ2) is 6.79. The number of hydrogen-bond acceptors (Lipinski definition) is 1. The van der Waals surface area contributed by atoms with Crippen LogP contribution < -0.4 is 4.90 Å². The van der Waals surface area contributed by atoms with E-state index in [1.54, 1.807) is 0 Å². The Morgan fingerprint density at radius 1 is 0.842 bits per heavy atom. The fraction of sp³-hybridized carbons (Fsp3) is 0.222. The Hall–Kier alpha value is -2.02. The summed E-state index contributed by atoms with van der Waals surface area (Å²) in [5.41, 5.74) is 3.71. The molecular formula is C18H20N. The van der Waals surface area contributed by atoms with Gasteiger partial charge in [-0.25, -0.2) is 0 Å². The molecule has 1 radical (unpaired) electrons. The first kappa shape index (κ1) is 13.4. The molecule has 97 valence electrons. The zero-order valence-electron chi connectivity index (χ0n) is 11.6. The molecule has 2 aromatic carbocycles. The predicted molar refractivity (Wildman–Crippen MR) is 84.2 cm³/mol. The molecule has 2 rings (SSSR count). The molecule has 0 fully saturated rings. The van der Waals surface area contributed by atoms with Gasteiger partial charge in [-0.3, -0.25) is 0 Å². The van der Waals surface area contributed by atoms with Crippen molar-refractivity contribution in [1.82, 2.24) is 0 Å². The number of benzene rings is 2. The van der Waals surface area contributed by atoms with E-state index in [0.717, 1.165) is 13.1 Å². The Morgan fingerprint density at radius 3 is 1.89 bits per heavy atom. The monoisotopic (exact) mass is 250 g/mol. The average Bonchev–Trinajstić information content (AvgIpc) is 2.49. The van der Waals surface area contributed by atoms with Gasteiger partial charge in [-0.2, -0.15) is 0 Å². The van der Waals surface area contributed by atoms with Crippen molar-refractivity contribution in [3.8, 4) is 0 Å². The third kappa shape index (κ3) is 3.72. The SMILES string of the molecule is CCN(CC)c1ccc(/C=C/c2cc[c]cc2)cc1. The third-order valence-electron chi connectivity index (χ3n) is 3.23. The Kier molecular flexibility index (Phi) is 4.79. The van der Waals surface area contributed by atoms with E-state index in [1.807, 2.05) is 12.1 Å². The third-order valence-corrected chi connectivity index (χ3v) is 3.23. The summed E-state index contributed by atoms with van der Waals surface area (Å²) in [4.78, 5) is 2.35. The molecule has 0 atom stereocenters. The number of rotatable bonds is 5. The molecule has 0 unspecified atom stereocenters. The fourth-order valence-electron chi connectivity index (χ4n) is 2.09. The van der Waals surface area contributed by atoms with Crippen LogP contribution in [0.5, 0.6) is 0 Å². The molecule has 1 nitrogen and oxygen atoms in total. The molecule has 0 amide bonds. The van der Waals surface area contributed by atoms with Crippen LogP contribution in [-0.2, 0) is 0 Å². The lowest BCUT2D eigenvalue weighted by Crippen LogP contribution is -2.21. The predicted octanol–water partition coefficient (Wildman–Crippen LogP) is 4.50. The molecule has 0 saturated heterocycles. The Labute approximate surface area is 116 Å². The second-order valence-corrected chi connectivity index (χ2v) is 4.43. The van der Waals surface area contributed by atoms with Crippen LogP contribution in [0.25, 0.3) is 12.2 Å². The molecule has 0 bridgehead atoms. The van der Waals surface area contributed by atoms with Crippen molar-refractivity contribution in [2.45, 2.75) is 13.8 Å². The lowest BCUT2D eigenvalue weighted by atomic mass is 10.1. The molecule has 0 saturated carbocycles. The van der Waals surface area contributed by atoms with Crippen LogP contribution in [-0.4, -0.2) is 13.1 Å². The molecule has 0 aliphatic rings. The molecular weight excluding hydrogens is 230 g/mol. The summed E-state index contributed by atoms with van der Waals surface area (Å²) in [6, 6.07) is 19.7. The molecule has 0 spiro atoms. The Balaban J connectivity index is 2.09. The van der Waals surface area contributed by atoms with E-state index in [-0.39, 0.29) is 0 Å². The number of hydrogen-bond donors (Lipinski definition) is 0. The van der Waals surface area contributed by atoms with Crippen molar-refractivity contribution in [2.75, 3.05) is 18.0 Å². The highest BCUT2D eigenvalue weighted by Gasteiger charge is 1.99. The summed E-state index contributed by atoms with van der Waals surface area (Å²) < 4.78 is 0. The average molecular weight is 250 g/mol. The first-order valence-corrected chi connectivity index (χ1v) is 6.82. The minimum Gasteiger partial charge on any atom is -0.372 e. The molecule has 0 aliphatic heterocycles. The lowest BCUT2D eigenvalue weighted by molar-refractivity contribution is 0.866. The maximum absolute atomic E-state index is 3.02. The van der Waals surface area contributed by atoms with Gasteiger partial charge in [0.2, 0.25) is 0 Å². The van der Waals surface area contributed by atoms with Gasteiger partial charge in [0.05, 0.1) is 0 Å². The van der Waals surface area contributed by atoms with Crippen LogP contribution in [0.2, 0.25) is 0 Å². The largest absolute Gasteiger partial charge is 0.372 e. The number of nitrogens with zero attached hydrogens (tertiary/aromatic N) is 1. The minimum absolute atomic E-state index is 1.05. The van der Waals surface area contributed by atoms with Gasteiger partial charge in [-0.05, 0) is 43.2 Å². The highest BCUT2D eigenvalue weighted by Crippen LogP contribution is 2.16. The summed E-state index contributed by atoms with van der Waals surface area (Å²) in [6.07, 6.45) is 4.27. The highest BCUT2D eigenvalue weighted by atomic mass is 15.1.